The Hall–Kier alpha value is -0.820. The fraction of sp³-hybridized carbons (Fsp3) is 0.625. The second-order valence-electron chi connectivity index (χ2n) is 5.36. The van der Waals surface area contributed by atoms with E-state index in [2.05, 4.69) is 32.0 Å². The molecule has 0 saturated carbocycles. The van der Waals surface area contributed by atoms with Gasteiger partial charge in [0.2, 0.25) is 0 Å². The van der Waals surface area contributed by atoms with Crippen molar-refractivity contribution in [2.75, 3.05) is 0 Å². The van der Waals surface area contributed by atoms with Gasteiger partial charge in [0.15, 0.2) is 0 Å². The molecule has 1 aromatic rings. The van der Waals surface area contributed by atoms with E-state index in [9.17, 15) is 5.11 Å². The van der Waals surface area contributed by atoms with Gasteiger partial charge in [0, 0.05) is 0 Å². The van der Waals surface area contributed by atoms with Crippen molar-refractivity contribution >= 4 is 0 Å². The molecule has 0 radical (unpaired) electrons. The van der Waals surface area contributed by atoms with Gasteiger partial charge in [0.05, 0.1) is 6.10 Å². The van der Waals surface area contributed by atoms with Crippen LogP contribution >= 0.6 is 0 Å². The predicted molar refractivity (Wildman–Crippen MR) is 71.9 cm³/mol. The maximum atomic E-state index is 10.5. The first-order valence-electron chi connectivity index (χ1n) is 7.02. The molecule has 0 bridgehead atoms. The molecule has 1 heteroatoms. The fourth-order valence-electron chi connectivity index (χ4n) is 3.10. The number of aliphatic hydroxyl groups is 1. The summed E-state index contributed by atoms with van der Waals surface area (Å²) in [5, 5.41) is 10.5. The zero-order valence-electron chi connectivity index (χ0n) is 11.0. The summed E-state index contributed by atoms with van der Waals surface area (Å²) in [6.45, 7) is 4.52. The number of aliphatic hydroxyl groups excluding tert-OH is 1. The first-order valence-corrected chi connectivity index (χ1v) is 7.02. The molecule has 1 aliphatic carbocycles. The molecule has 0 fully saturated rings. The van der Waals surface area contributed by atoms with Crippen molar-refractivity contribution in [3.63, 3.8) is 0 Å². The molecule has 1 aromatic carbocycles. The second-order valence-corrected chi connectivity index (χ2v) is 5.36. The van der Waals surface area contributed by atoms with Crippen molar-refractivity contribution in [1.82, 2.24) is 0 Å². The first kappa shape index (κ1) is 12.6. The van der Waals surface area contributed by atoms with Crippen LogP contribution in [0.2, 0.25) is 0 Å². The van der Waals surface area contributed by atoms with E-state index in [0.29, 0.717) is 5.92 Å². The Morgan fingerprint density at radius 2 is 1.94 bits per heavy atom. The molecule has 1 N–H and O–H groups in total. The smallest absolute Gasteiger partial charge is 0.0821 e. The number of benzene rings is 1. The molecule has 0 saturated heterocycles. The summed E-state index contributed by atoms with van der Waals surface area (Å²) >= 11 is 0. The molecular formula is C16H24O. The average molecular weight is 232 g/mol. The minimum absolute atomic E-state index is 0.236. The second kappa shape index (κ2) is 5.68. The van der Waals surface area contributed by atoms with Gasteiger partial charge in [0.1, 0.15) is 0 Å². The third kappa shape index (κ3) is 2.71. The van der Waals surface area contributed by atoms with E-state index in [0.717, 1.165) is 18.8 Å². The normalized spacial score (nSPS) is 23.8. The zero-order valence-corrected chi connectivity index (χ0v) is 11.0. The number of hydrogen-bond acceptors (Lipinski definition) is 1. The molecule has 1 nitrogen and oxygen atoms in total. The highest BCUT2D eigenvalue weighted by atomic mass is 16.3. The van der Waals surface area contributed by atoms with Crippen LogP contribution in [-0.2, 0) is 6.42 Å². The Morgan fingerprint density at radius 1 is 1.24 bits per heavy atom. The topological polar surface area (TPSA) is 20.2 Å². The molecule has 94 valence electrons. The molecule has 0 aromatic heterocycles. The maximum absolute atomic E-state index is 10.5. The van der Waals surface area contributed by atoms with Crippen molar-refractivity contribution in [2.45, 2.75) is 52.1 Å². The van der Waals surface area contributed by atoms with Gasteiger partial charge in [-0.2, -0.15) is 0 Å². The van der Waals surface area contributed by atoms with E-state index in [1.54, 1.807) is 0 Å². The summed E-state index contributed by atoms with van der Waals surface area (Å²) in [6.07, 6.45) is 5.71. The highest BCUT2D eigenvalue weighted by molar-refractivity contribution is 5.31. The highest BCUT2D eigenvalue weighted by Crippen LogP contribution is 2.38. The summed E-state index contributed by atoms with van der Waals surface area (Å²) < 4.78 is 0. The minimum atomic E-state index is -0.236. The molecule has 1 aliphatic rings. The van der Waals surface area contributed by atoms with Crippen LogP contribution in [0.15, 0.2) is 24.3 Å². The SMILES string of the molecule is CCC(CC)CC1CCc2ccccc2C1O. The van der Waals surface area contributed by atoms with Crippen molar-refractivity contribution in [3.05, 3.63) is 35.4 Å². The van der Waals surface area contributed by atoms with E-state index in [-0.39, 0.29) is 6.10 Å². The van der Waals surface area contributed by atoms with Crippen molar-refractivity contribution in [3.8, 4) is 0 Å². The Bertz CT molecular complexity index is 354. The zero-order chi connectivity index (χ0) is 12.3. The predicted octanol–water partition coefficient (Wildman–Crippen LogP) is 4.11. The monoisotopic (exact) mass is 232 g/mol. The number of rotatable bonds is 4. The summed E-state index contributed by atoms with van der Waals surface area (Å²) in [4.78, 5) is 0. The number of aryl methyl sites for hydroxylation is 1. The van der Waals surface area contributed by atoms with Crippen LogP contribution < -0.4 is 0 Å². The van der Waals surface area contributed by atoms with Crippen LogP contribution in [0, 0.1) is 11.8 Å². The molecule has 0 heterocycles. The van der Waals surface area contributed by atoms with Crippen LogP contribution in [-0.4, -0.2) is 5.11 Å². The van der Waals surface area contributed by atoms with E-state index < -0.39 is 0 Å². The van der Waals surface area contributed by atoms with Gasteiger partial charge in [-0.25, -0.2) is 0 Å². The van der Waals surface area contributed by atoms with Crippen LogP contribution in [0.1, 0.15) is 56.8 Å². The van der Waals surface area contributed by atoms with Gasteiger partial charge >= 0.3 is 0 Å². The number of hydrogen-bond donors (Lipinski definition) is 1. The first-order chi connectivity index (χ1) is 8.26. The largest absolute Gasteiger partial charge is 0.388 e. The molecule has 2 atom stereocenters. The Morgan fingerprint density at radius 3 is 2.65 bits per heavy atom. The van der Waals surface area contributed by atoms with Gasteiger partial charge in [-0.05, 0) is 42.2 Å². The lowest BCUT2D eigenvalue weighted by atomic mass is 9.76. The minimum Gasteiger partial charge on any atom is -0.388 e. The van der Waals surface area contributed by atoms with Gasteiger partial charge < -0.3 is 5.11 Å². The Kier molecular flexibility index (Phi) is 4.22. The molecule has 17 heavy (non-hydrogen) atoms. The average Bonchev–Trinajstić information content (AvgIpc) is 2.38. The quantitative estimate of drug-likeness (QED) is 0.828. The molecular weight excluding hydrogens is 208 g/mol. The lowest BCUT2D eigenvalue weighted by Crippen LogP contribution is -2.22. The summed E-state index contributed by atoms with van der Waals surface area (Å²) in [5.74, 6) is 1.25. The summed E-state index contributed by atoms with van der Waals surface area (Å²) in [5.41, 5.74) is 2.52. The van der Waals surface area contributed by atoms with Crippen molar-refractivity contribution < 1.29 is 5.11 Å². The van der Waals surface area contributed by atoms with Gasteiger partial charge in [-0.1, -0.05) is 51.0 Å². The molecule has 0 amide bonds. The molecule has 0 aliphatic heterocycles. The van der Waals surface area contributed by atoms with Gasteiger partial charge in [-0.15, -0.1) is 0 Å². The van der Waals surface area contributed by atoms with E-state index in [4.69, 9.17) is 0 Å². The van der Waals surface area contributed by atoms with Crippen LogP contribution in [0.4, 0.5) is 0 Å². The highest BCUT2D eigenvalue weighted by Gasteiger charge is 2.28. The van der Waals surface area contributed by atoms with Crippen molar-refractivity contribution in [1.29, 1.82) is 0 Å². The van der Waals surface area contributed by atoms with Crippen molar-refractivity contribution in [2.24, 2.45) is 11.8 Å². The van der Waals surface area contributed by atoms with Gasteiger partial charge in [-0.3, -0.25) is 0 Å². The van der Waals surface area contributed by atoms with E-state index >= 15 is 0 Å². The summed E-state index contributed by atoms with van der Waals surface area (Å²) in [6, 6.07) is 8.37. The third-order valence-electron chi connectivity index (χ3n) is 4.40. The van der Waals surface area contributed by atoms with Crippen LogP contribution in [0.5, 0.6) is 0 Å². The maximum Gasteiger partial charge on any atom is 0.0821 e. The third-order valence-corrected chi connectivity index (χ3v) is 4.40. The lowest BCUT2D eigenvalue weighted by Gasteiger charge is -2.32. The van der Waals surface area contributed by atoms with Crippen LogP contribution in [0.3, 0.4) is 0 Å². The van der Waals surface area contributed by atoms with E-state index in [1.807, 2.05) is 6.07 Å². The molecule has 2 unspecified atom stereocenters. The number of fused-ring (bicyclic) bond motifs is 1. The summed E-state index contributed by atoms with van der Waals surface area (Å²) in [7, 11) is 0. The van der Waals surface area contributed by atoms with Crippen LogP contribution in [0.25, 0.3) is 0 Å². The van der Waals surface area contributed by atoms with Gasteiger partial charge in [0.25, 0.3) is 0 Å². The van der Waals surface area contributed by atoms with E-state index in [1.165, 1.54) is 30.4 Å². The molecule has 0 spiro atoms. The lowest BCUT2D eigenvalue weighted by molar-refractivity contribution is 0.0768. The fourth-order valence-corrected chi connectivity index (χ4v) is 3.10. The Labute approximate surface area is 105 Å². The Balaban J connectivity index is 2.09. The standard InChI is InChI=1S/C16H24O/c1-3-12(4-2)11-14-10-9-13-7-5-6-8-15(13)16(14)17/h5-8,12,14,16-17H,3-4,9-11H2,1-2H3. The molecule has 2 rings (SSSR count).